The zero-order valence-electron chi connectivity index (χ0n) is 11.8. The smallest absolute Gasteiger partial charge is 0.180 e. The van der Waals surface area contributed by atoms with Gasteiger partial charge in [0.05, 0.1) is 17.2 Å². The monoisotopic (exact) mass is 326 g/mol. The molecule has 6 heteroatoms. The Bertz CT molecular complexity index is 621. The molecule has 0 aliphatic rings. The number of aromatic nitrogens is 1. The van der Waals surface area contributed by atoms with Crippen LogP contribution >= 0.6 is 23.2 Å². The van der Waals surface area contributed by atoms with Crippen molar-refractivity contribution in [2.75, 3.05) is 14.2 Å². The Labute approximate surface area is 134 Å². The number of hydrogen-bond donors (Lipinski definition) is 1. The molecule has 1 N–H and O–H groups in total. The summed E-state index contributed by atoms with van der Waals surface area (Å²) in [4.78, 5) is 3.94. The Hall–Kier alpha value is -1.49. The fraction of sp³-hybridized carbons (Fsp3) is 0.267. The molecule has 4 nitrogen and oxygen atoms in total. The number of nitrogens with one attached hydrogen (secondary N) is 1. The summed E-state index contributed by atoms with van der Waals surface area (Å²) in [5.41, 5.74) is 1.86. The summed E-state index contributed by atoms with van der Waals surface area (Å²) in [6.07, 6.45) is 3.24. The number of nitrogens with zero attached hydrogens (tertiary/aromatic N) is 1. The normalized spacial score (nSPS) is 10.5. The molecule has 0 bridgehead atoms. The van der Waals surface area contributed by atoms with Gasteiger partial charge in [-0.2, -0.15) is 0 Å². The van der Waals surface area contributed by atoms with E-state index in [0.29, 0.717) is 34.7 Å². The first kappa shape index (κ1) is 15.9. The summed E-state index contributed by atoms with van der Waals surface area (Å²) in [5.74, 6) is 1.10. The molecule has 21 heavy (non-hydrogen) atoms. The van der Waals surface area contributed by atoms with Crippen LogP contribution in [-0.4, -0.2) is 19.1 Å². The van der Waals surface area contributed by atoms with Crippen molar-refractivity contribution in [2.24, 2.45) is 0 Å². The summed E-state index contributed by atoms with van der Waals surface area (Å²) in [7, 11) is 3.46. The molecule has 0 saturated carbocycles. The molecule has 0 amide bonds. The molecular weight excluding hydrogens is 311 g/mol. The summed E-state index contributed by atoms with van der Waals surface area (Å²) >= 11 is 12.3. The van der Waals surface area contributed by atoms with Crippen LogP contribution in [0.15, 0.2) is 30.6 Å². The first-order valence-electron chi connectivity index (χ1n) is 6.38. The molecule has 0 aliphatic heterocycles. The van der Waals surface area contributed by atoms with Gasteiger partial charge in [-0.3, -0.25) is 4.98 Å². The van der Waals surface area contributed by atoms with Gasteiger partial charge in [-0.05, 0) is 30.8 Å². The highest BCUT2D eigenvalue weighted by Gasteiger charge is 2.13. The lowest BCUT2D eigenvalue weighted by Gasteiger charge is -2.14. The minimum atomic E-state index is 0.294. The van der Waals surface area contributed by atoms with Crippen molar-refractivity contribution in [1.29, 1.82) is 0 Å². The molecule has 112 valence electrons. The highest BCUT2D eigenvalue weighted by Crippen LogP contribution is 2.37. The third kappa shape index (κ3) is 4.00. The molecule has 2 aromatic rings. The van der Waals surface area contributed by atoms with E-state index in [4.69, 9.17) is 32.7 Å². The lowest BCUT2D eigenvalue weighted by molar-refractivity contribution is 0.284. The first-order valence-corrected chi connectivity index (χ1v) is 7.13. The predicted octanol–water partition coefficient (Wildman–Crippen LogP) is 3.70. The average molecular weight is 327 g/mol. The van der Waals surface area contributed by atoms with Crippen LogP contribution in [0.2, 0.25) is 10.0 Å². The van der Waals surface area contributed by atoms with Crippen LogP contribution in [0, 0.1) is 0 Å². The number of methoxy groups -OCH3 is 1. The SMILES string of the molecule is CNCc1cc(Cl)c(OCc2ccncc2Cl)c(OC)c1. The second-order valence-electron chi connectivity index (χ2n) is 4.40. The van der Waals surface area contributed by atoms with E-state index in [1.807, 2.05) is 19.2 Å². The topological polar surface area (TPSA) is 43.4 Å². The molecule has 0 fully saturated rings. The molecule has 0 radical (unpaired) electrons. The third-order valence-electron chi connectivity index (χ3n) is 2.90. The standard InChI is InChI=1S/C15H16Cl2N2O2/c1-18-7-10-5-12(16)15(14(6-10)20-2)21-9-11-3-4-19-8-13(11)17/h3-6,8,18H,7,9H2,1-2H3. The predicted molar refractivity (Wildman–Crippen MR) is 84.3 cm³/mol. The first-order chi connectivity index (χ1) is 10.2. The molecular formula is C15H16Cl2N2O2. The second kappa shape index (κ2) is 7.50. The summed E-state index contributed by atoms with van der Waals surface area (Å²) in [6, 6.07) is 5.55. The molecule has 1 aromatic carbocycles. The Kier molecular flexibility index (Phi) is 5.67. The molecule has 0 unspecified atom stereocenters. The fourth-order valence-electron chi connectivity index (χ4n) is 1.89. The van der Waals surface area contributed by atoms with Gasteiger partial charge < -0.3 is 14.8 Å². The molecule has 0 aliphatic carbocycles. The largest absolute Gasteiger partial charge is 0.493 e. The van der Waals surface area contributed by atoms with Crippen LogP contribution in [0.1, 0.15) is 11.1 Å². The van der Waals surface area contributed by atoms with Gasteiger partial charge >= 0.3 is 0 Å². The molecule has 2 rings (SSSR count). The Morgan fingerprint density at radius 2 is 2.05 bits per heavy atom. The van der Waals surface area contributed by atoms with Crippen molar-refractivity contribution in [3.63, 3.8) is 0 Å². The van der Waals surface area contributed by atoms with Crippen LogP contribution in [0.5, 0.6) is 11.5 Å². The summed E-state index contributed by atoms with van der Waals surface area (Å²) in [6.45, 7) is 0.995. The van der Waals surface area contributed by atoms with E-state index in [9.17, 15) is 0 Å². The minimum Gasteiger partial charge on any atom is -0.493 e. The zero-order chi connectivity index (χ0) is 15.2. The van der Waals surface area contributed by atoms with Crippen molar-refractivity contribution in [3.05, 3.63) is 51.8 Å². The second-order valence-corrected chi connectivity index (χ2v) is 5.21. The maximum absolute atomic E-state index is 6.28. The van der Waals surface area contributed by atoms with Gasteiger partial charge in [-0.1, -0.05) is 23.2 Å². The van der Waals surface area contributed by atoms with Crippen molar-refractivity contribution >= 4 is 23.2 Å². The van der Waals surface area contributed by atoms with Gasteiger partial charge in [-0.15, -0.1) is 0 Å². The zero-order valence-corrected chi connectivity index (χ0v) is 13.3. The quantitative estimate of drug-likeness (QED) is 0.879. The van der Waals surface area contributed by atoms with Gasteiger partial charge in [0.1, 0.15) is 6.61 Å². The van der Waals surface area contributed by atoms with Crippen LogP contribution in [0.3, 0.4) is 0 Å². The molecule has 0 saturated heterocycles. The van der Waals surface area contributed by atoms with E-state index >= 15 is 0 Å². The van der Waals surface area contributed by atoms with Gasteiger partial charge in [0.2, 0.25) is 0 Å². The molecule has 0 atom stereocenters. The summed E-state index contributed by atoms with van der Waals surface area (Å²) in [5, 5.41) is 4.13. The number of ether oxygens (including phenoxy) is 2. The highest BCUT2D eigenvalue weighted by atomic mass is 35.5. The van der Waals surface area contributed by atoms with Crippen molar-refractivity contribution in [3.8, 4) is 11.5 Å². The highest BCUT2D eigenvalue weighted by molar-refractivity contribution is 6.32. The van der Waals surface area contributed by atoms with Crippen molar-refractivity contribution in [1.82, 2.24) is 10.3 Å². The van der Waals surface area contributed by atoms with Crippen LogP contribution < -0.4 is 14.8 Å². The van der Waals surface area contributed by atoms with Gasteiger partial charge in [0, 0.05) is 24.5 Å². The van der Waals surface area contributed by atoms with Crippen LogP contribution in [0.4, 0.5) is 0 Å². The van der Waals surface area contributed by atoms with E-state index in [1.165, 1.54) is 0 Å². The average Bonchev–Trinajstić information content (AvgIpc) is 2.47. The summed E-state index contributed by atoms with van der Waals surface area (Å²) < 4.78 is 11.1. The number of hydrogen-bond acceptors (Lipinski definition) is 4. The van der Waals surface area contributed by atoms with Crippen molar-refractivity contribution < 1.29 is 9.47 Å². The van der Waals surface area contributed by atoms with E-state index in [2.05, 4.69) is 10.3 Å². The number of pyridine rings is 1. The number of rotatable bonds is 6. The van der Waals surface area contributed by atoms with Crippen LogP contribution in [-0.2, 0) is 13.2 Å². The fourth-order valence-corrected chi connectivity index (χ4v) is 2.35. The Morgan fingerprint density at radius 3 is 2.71 bits per heavy atom. The lowest BCUT2D eigenvalue weighted by atomic mass is 10.2. The molecule has 1 heterocycles. The maximum Gasteiger partial charge on any atom is 0.180 e. The van der Waals surface area contributed by atoms with E-state index in [0.717, 1.165) is 11.1 Å². The minimum absolute atomic E-state index is 0.294. The lowest BCUT2D eigenvalue weighted by Crippen LogP contribution is -2.06. The Balaban J connectivity index is 2.21. The van der Waals surface area contributed by atoms with Gasteiger partial charge in [0.15, 0.2) is 11.5 Å². The number of benzene rings is 1. The van der Waals surface area contributed by atoms with E-state index in [1.54, 1.807) is 25.6 Å². The van der Waals surface area contributed by atoms with Crippen molar-refractivity contribution in [2.45, 2.75) is 13.2 Å². The van der Waals surface area contributed by atoms with Crippen LogP contribution in [0.25, 0.3) is 0 Å². The molecule has 0 spiro atoms. The molecule has 1 aromatic heterocycles. The van der Waals surface area contributed by atoms with Gasteiger partial charge in [0.25, 0.3) is 0 Å². The number of halogens is 2. The van der Waals surface area contributed by atoms with Gasteiger partial charge in [-0.25, -0.2) is 0 Å². The maximum atomic E-state index is 6.28. The third-order valence-corrected chi connectivity index (χ3v) is 3.52. The van der Waals surface area contributed by atoms with E-state index < -0.39 is 0 Å². The van der Waals surface area contributed by atoms with E-state index in [-0.39, 0.29) is 0 Å². The Morgan fingerprint density at radius 1 is 1.24 bits per heavy atom.